The second kappa shape index (κ2) is 8.04. The maximum Gasteiger partial charge on any atom is 0.419 e. The van der Waals surface area contributed by atoms with E-state index >= 15 is 0 Å². The summed E-state index contributed by atoms with van der Waals surface area (Å²) in [5.74, 6) is -1.58. The summed E-state index contributed by atoms with van der Waals surface area (Å²) in [6.07, 6.45) is -3.54. The number of rotatable bonds is 4. The lowest BCUT2D eigenvalue weighted by Crippen LogP contribution is -2.33. The molecule has 1 aromatic heterocycles. The smallest absolute Gasteiger partial charge is 0.419 e. The van der Waals surface area contributed by atoms with Crippen molar-refractivity contribution in [1.82, 2.24) is 9.97 Å². The van der Waals surface area contributed by atoms with Crippen LogP contribution in [0, 0.1) is 12.7 Å². The van der Waals surface area contributed by atoms with E-state index in [1.165, 1.54) is 24.4 Å². The van der Waals surface area contributed by atoms with Crippen molar-refractivity contribution in [3.8, 4) is 11.6 Å². The van der Waals surface area contributed by atoms with Crippen LogP contribution < -0.4 is 20.3 Å². The normalized spacial score (nSPS) is 14.2. The van der Waals surface area contributed by atoms with Gasteiger partial charge < -0.3 is 10.5 Å². The van der Waals surface area contributed by atoms with E-state index in [0.717, 1.165) is 15.9 Å². The number of hydrogen-bond donors (Lipinski definition) is 1. The van der Waals surface area contributed by atoms with E-state index in [1.54, 1.807) is 13.0 Å². The lowest BCUT2D eigenvalue weighted by molar-refractivity contribution is -0.139. The minimum Gasteiger partial charge on any atom is -0.439 e. The molecule has 0 radical (unpaired) electrons. The summed E-state index contributed by atoms with van der Waals surface area (Å²) >= 11 is 0. The van der Waals surface area contributed by atoms with Gasteiger partial charge in [0.2, 0.25) is 11.8 Å². The molecule has 170 valence electrons. The van der Waals surface area contributed by atoms with Gasteiger partial charge in [0.05, 0.1) is 11.3 Å². The summed E-state index contributed by atoms with van der Waals surface area (Å²) in [6.45, 7) is 1.12. The van der Waals surface area contributed by atoms with Gasteiger partial charge in [-0.15, -0.1) is 0 Å². The molecule has 3 amide bonds. The summed E-state index contributed by atoms with van der Waals surface area (Å²) in [4.78, 5) is 34.9. The highest BCUT2D eigenvalue weighted by Crippen LogP contribution is 2.36. The first-order valence-corrected chi connectivity index (χ1v) is 9.43. The molecule has 0 aliphatic carbocycles. The molecule has 33 heavy (non-hydrogen) atoms. The Labute approximate surface area is 184 Å². The highest BCUT2D eigenvalue weighted by atomic mass is 19.4. The zero-order valence-corrected chi connectivity index (χ0v) is 16.9. The van der Waals surface area contributed by atoms with Crippen LogP contribution in [0.4, 0.5) is 39.7 Å². The fourth-order valence-electron chi connectivity index (χ4n) is 3.31. The molecule has 0 unspecified atom stereocenters. The monoisotopic (exact) mass is 461 g/mol. The molecule has 12 heteroatoms. The van der Waals surface area contributed by atoms with Gasteiger partial charge in [-0.25, -0.2) is 19.1 Å². The molecular formula is C21H15F4N5O3. The fraction of sp³-hybridized carbons (Fsp3) is 0.143. The van der Waals surface area contributed by atoms with Crippen LogP contribution in [0.1, 0.15) is 11.1 Å². The number of carbonyl (C=O) groups excluding carboxylic acids is 2. The van der Waals surface area contributed by atoms with Gasteiger partial charge in [-0.05, 0) is 48.9 Å². The molecular weight excluding hydrogens is 446 g/mol. The van der Waals surface area contributed by atoms with Gasteiger partial charge in [-0.2, -0.15) is 18.2 Å². The van der Waals surface area contributed by atoms with Crippen LogP contribution in [0.15, 0.2) is 48.7 Å². The number of aromatic nitrogens is 2. The number of hydrogen-bond acceptors (Lipinski definition) is 6. The molecule has 4 rings (SSSR count). The predicted molar refractivity (Wildman–Crippen MR) is 109 cm³/mol. The average Bonchev–Trinajstić information content (AvgIpc) is 3.02. The number of urea groups is 1. The summed E-state index contributed by atoms with van der Waals surface area (Å²) < 4.78 is 58.4. The topological polar surface area (TPSA) is 102 Å². The van der Waals surface area contributed by atoms with Crippen LogP contribution in [0.3, 0.4) is 0 Å². The summed E-state index contributed by atoms with van der Waals surface area (Å²) in [5, 5.41) is 0. The minimum atomic E-state index is -4.95. The van der Waals surface area contributed by atoms with Crippen molar-refractivity contribution in [2.24, 2.45) is 0 Å². The van der Waals surface area contributed by atoms with Crippen molar-refractivity contribution < 1.29 is 31.9 Å². The fourth-order valence-corrected chi connectivity index (χ4v) is 3.31. The zero-order chi connectivity index (χ0) is 23.9. The van der Waals surface area contributed by atoms with Gasteiger partial charge in [0, 0.05) is 18.0 Å². The van der Waals surface area contributed by atoms with E-state index in [9.17, 15) is 27.2 Å². The number of aryl methyl sites for hydroxylation is 1. The number of benzene rings is 2. The van der Waals surface area contributed by atoms with Crippen molar-refractivity contribution in [1.29, 1.82) is 0 Å². The SMILES string of the molecule is Cc1cc(Oc2ccnc(N)n2)ccc1N1C(=O)CN(c2ccc(F)c(C(F)(F)F)c2)C1=O. The summed E-state index contributed by atoms with van der Waals surface area (Å²) in [5.41, 5.74) is 4.44. The molecule has 2 N–H and O–H groups in total. The van der Waals surface area contributed by atoms with E-state index in [2.05, 4.69) is 9.97 Å². The van der Waals surface area contributed by atoms with Gasteiger partial charge in [-0.1, -0.05) is 0 Å². The lowest BCUT2D eigenvalue weighted by Gasteiger charge is -2.20. The number of carbonyl (C=O) groups is 2. The van der Waals surface area contributed by atoms with Crippen LogP contribution in [-0.2, 0) is 11.0 Å². The number of nitrogens with zero attached hydrogens (tertiary/aromatic N) is 4. The third kappa shape index (κ3) is 4.27. The van der Waals surface area contributed by atoms with Crippen molar-refractivity contribution in [3.05, 3.63) is 65.6 Å². The van der Waals surface area contributed by atoms with Crippen LogP contribution in [0.5, 0.6) is 11.6 Å². The standard InChI is InChI=1S/C21H15F4N5O3/c1-11-8-13(33-17-6-7-27-19(26)28-17)3-5-16(11)30-18(31)10-29(20(30)32)12-2-4-15(22)14(9-12)21(23,24)25/h2-9H,10H2,1H3,(H2,26,27,28). The number of halogens is 4. The maximum atomic E-state index is 13.6. The third-order valence-corrected chi connectivity index (χ3v) is 4.81. The van der Waals surface area contributed by atoms with Gasteiger partial charge in [0.1, 0.15) is 18.1 Å². The molecule has 0 saturated carbocycles. The highest BCUT2D eigenvalue weighted by Gasteiger charge is 2.40. The summed E-state index contributed by atoms with van der Waals surface area (Å²) in [7, 11) is 0. The van der Waals surface area contributed by atoms with Crippen molar-refractivity contribution in [3.63, 3.8) is 0 Å². The van der Waals surface area contributed by atoms with Crippen molar-refractivity contribution in [2.75, 3.05) is 22.1 Å². The first kappa shape index (κ1) is 22.0. The van der Waals surface area contributed by atoms with Gasteiger partial charge in [-0.3, -0.25) is 9.69 Å². The third-order valence-electron chi connectivity index (χ3n) is 4.81. The maximum absolute atomic E-state index is 13.6. The quantitative estimate of drug-likeness (QED) is 0.460. The Balaban J connectivity index is 1.60. The van der Waals surface area contributed by atoms with Crippen LogP contribution in [0.25, 0.3) is 0 Å². The molecule has 3 aromatic rings. The Kier molecular flexibility index (Phi) is 5.36. The average molecular weight is 461 g/mol. The molecule has 1 aliphatic rings. The number of anilines is 3. The Morgan fingerprint density at radius 2 is 1.85 bits per heavy atom. The molecule has 2 heterocycles. The number of nitrogens with two attached hydrogens (primary N) is 1. The molecule has 1 saturated heterocycles. The van der Waals surface area contributed by atoms with Gasteiger partial charge >= 0.3 is 12.2 Å². The highest BCUT2D eigenvalue weighted by molar-refractivity contribution is 6.27. The molecule has 0 atom stereocenters. The van der Waals surface area contributed by atoms with Gasteiger partial charge in [0.15, 0.2) is 0 Å². The molecule has 2 aromatic carbocycles. The van der Waals surface area contributed by atoms with Gasteiger partial charge in [0.25, 0.3) is 5.91 Å². The second-order valence-electron chi connectivity index (χ2n) is 7.06. The van der Waals surface area contributed by atoms with E-state index in [-0.39, 0.29) is 23.2 Å². The van der Waals surface area contributed by atoms with Crippen LogP contribution in [-0.4, -0.2) is 28.5 Å². The molecule has 1 fully saturated rings. The van der Waals surface area contributed by atoms with Crippen LogP contribution in [0.2, 0.25) is 0 Å². The Morgan fingerprint density at radius 3 is 2.52 bits per heavy atom. The second-order valence-corrected chi connectivity index (χ2v) is 7.06. The first-order valence-electron chi connectivity index (χ1n) is 9.43. The largest absolute Gasteiger partial charge is 0.439 e. The molecule has 0 spiro atoms. The number of amides is 3. The number of nitrogen functional groups attached to an aromatic ring is 1. The van der Waals surface area contributed by atoms with Crippen molar-refractivity contribution >= 4 is 29.3 Å². The zero-order valence-electron chi connectivity index (χ0n) is 16.9. The predicted octanol–water partition coefficient (Wildman–Crippen LogP) is 4.29. The van der Waals surface area contributed by atoms with E-state index in [4.69, 9.17) is 10.5 Å². The summed E-state index contributed by atoms with van der Waals surface area (Å²) in [6, 6.07) is 7.25. The number of ether oxygens (including phenoxy) is 1. The molecule has 8 nitrogen and oxygen atoms in total. The van der Waals surface area contributed by atoms with Crippen LogP contribution >= 0.6 is 0 Å². The number of imide groups is 1. The molecule has 0 bridgehead atoms. The number of alkyl halides is 3. The minimum absolute atomic E-state index is 0.0173. The van der Waals surface area contributed by atoms with E-state index in [1.807, 2.05) is 0 Å². The van der Waals surface area contributed by atoms with E-state index < -0.39 is 36.0 Å². The Bertz CT molecular complexity index is 1260. The van der Waals surface area contributed by atoms with E-state index in [0.29, 0.717) is 23.4 Å². The lowest BCUT2D eigenvalue weighted by atomic mass is 10.1. The van der Waals surface area contributed by atoms with Crippen molar-refractivity contribution in [2.45, 2.75) is 13.1 Å². The Morgan fingerprint density at radius 1 is 1.09 bits per heavy atom. The Hall–Kier alpha value is -4.22. The molecule has 1 aliphatic heterocycles. The first-order chi connectivity index (χ1) is 15.5.